The number of piperazine rings is 1. The highest BCUT2D eigenvalue weighted by molar-refractivity contribution is 5.85. The molecule has 1 aliphatic carbocycles. The largest absolute Gasteiger partial charge is 0.314 e. The van der Waals surface area contributed by atoms with Crippen LogP contribution in [0.3, 0.4) is 0 Å². The predicted molar refractivity (Wildman–Crippen MR) is 94.8 cm³/mol. The van der Waals surface area contributed by atoms with Crippen molar-refractivity contribution in [1.82, 2.24) is 10.2 Å². The monoisotopic (exact) mass is 330 g/mol. The van der Waals surface area contributed by atoms with E-state index in [1.807, 2.05) is 0 Å². The molecule has 0 unspecified atom stereocenters. The summed E-state index contributed by atoms with van der Waals surface area (Å²) in [6.45, 7) is 6.94. The van der Waals surface area contributed by atoms with Crippen LogP contribution >= 0.6 is 24.8 Å². The van der Waals surface area contributed by atoms with E-state index in [1.54, 1.807) is 5.56 Å². The third kappa shape index (κ3) is 4.35. The fraction of sp³-hybridized carbons (Fsp3) is 0.647. The zero-order valence-electron chi connectivity index (χ0n) is 12.9. The summed E-state index contributed by atoms with van der Waals surface area (Å²) in [7, 11) is 0. The molecule has 120 valence electrons. The highest BCUT2D eigenvalue weighted by Gasteiger charge is 2.33. The van der Waals surface area contributed by atoms with Crippen LogP contribution in [0.4, 0.5) is 0 Å². The molecule has 3 rings (SSSR count). The van der Waals surface area contributed by atoms with Gasteiger partial charge in [0.05, 0.1) is 0 Å². The molecule has 1 saturated carbocycles. The molecule has 0 radical (unpaired) electrons. The maximum Gasteiger partial charge on any atom is 0.0377 e. The zero-order chi connectivity index (χ0) is 13.1. The molecule has 4 heteroatoms. The standard InChI is InChI=1S/C17H26N2.2ClH/c1-2-14-6-8-16(9-7-14)17(15-4-3-5-15)19-12-10-18-11-13-19;;/h6-9,15,17-18H,2-5,10-13H2,1H3;2*1H/t17-;;/m1../s1. The first-order valence-corrected chi connectivity index (χ1v) is 7.92. The van der Waals surface area contributed by atoms with E-state index in [2.05, 4.69) is 41.4 Å². The van der Waals surface area contributed by atoms with Gasteiger partial charge >= 0.3 is 0 Å². The third-order valence-corrected chi connectivity index (χ3v) is 4.87. The maximum atomic E-state index is 3.47. The summed E-state index contributed by atoms with van der Waals surface area (Å²) in [5.74, 6) is 0.894. The molecule has 2 fully saturated rings. The Bertz CT molecular complexity index is 398. The topological polar surface area (TPSA) is 15.3 Å². The zero-order valence-corrected chi connectivity index (χ0v) is 14.5. The molecule has 2 aliphatic rings. The molecular weight excluding hydrogens is 303 g/mol. The third-order valence-electron chi connectivity index (χ3n) is 4.87. The minimum atomic E-state index is 0. The lowest BCUT2D eigenvalue weighted by molar-refractivity contribution is 0.0837. The average Bonchev–Trinajstić information content (AvgIpc) is 2.44. The van der Waals surface area contributed by atoms with Crippen molar-refractivity contribution < 1.29 is 0 Å². The van der Waals surface area contributed by atoms with Gasteiger partial charge in [0.15, 0.2) is 0 Å². The van der Waals surface area contributed by atoms with Crippen molar-refractivity contribution in [3.8, 4) is 0 Å². The molecule has 1 heterocycles. The van der Waals surface area contributed by atoms with E-state index in [0.717, 1.165) is 25.4 Å². The lowest BCUT2D eigenvalue weighted by Gasteiger charge is -2.43. The van der Waals surface area contributed by atoms with Crippen LogP contribution in [-0.4, -0.2) is 31.1 Å². The van der Waals surface area contributed by atoms with Gasteiger partial charge in [-0.2, -0.15) is 0 Å². The molecule has 1 atom stereocenters. The first-order chi connectivity index (χ1) is 9.38. The molecule has 21 heavy (non-hydrogen) atoms. The Hall–Kier alpha value is -0.280. The Morgan fingerprint density at radius 1 is 1.10 bits per heavy atom. The van der Waals surface area contributed by atoms with Gasteiger partial charge in [-0.25, -0.2) is 0 Å². The molecule has 0 aromatic heterocycles. The summed E-state index contributed by atoms with van der Waals surface area (Å²) < 4.78 is 0. The maximum absolute atomic E-state index is 3.47. The van der Waals surface area contributed by atoms with Crippen molar-refractivity contribution in [2.75, 3.05) is 26.2 Å². The molecule has 2 nitrogen and oxygen atoms in total. The summed E-state index contributed by atoms with van der Waals surface area (Å²) in [5, 5.41) is 3.47. The van der Waals surface area contributed by atoms with Crippen LogP contribution in [0, 0.1) is 5.92 Å². The molecule has 0 spiro atoms. The Balaban J connectivity index is 0.00000110. The van der Waals surface area contributed by atoms with E-state index in [1.165, 1.54) is 37.9 Å². The SMILES string of the molecule is CCc1ccc([C@@H](C2CCC2)N2CCNCC2)cc1.Cl.Cl. The molecule has 1 aromatic carbocycles. The molecular formula is C17H28Cl2N2. The van der Waals surface area contributed by atoms with Crippen LogP contribution in [0.1, 0.15) is 43.4 Å². The van der Waals surface area contributed by atoms with E-state index in [-0.39, 0.29) is 24.8 Å². The van der Waals surface area contributed by atoms with Gasteiger partial charge in [-0.1, -0.05) is 37.6 Å². The average molecular weight is 331 g/mol. The van der Waals surface area contributed by atoms with Crippen molar-refractivity contribution in [1.29, 1.82) is 0 Å². The van der Waals surface area contributed by atoms with E-state index >= 15 is 0 Å². The number of halogens is 2. The number of nitrogens with zero attached hydrogens (tertiary/aromatic N) is 1. The van der Waals surface area contributed by atoms with Crippen molar-refractivity contribution >= 4 is 24.8 Å². The molecule has 1 N–H and O–H groups in total. The molecule has 1 aromatic rings. The van der Waals surface area contributed by atoms with E-state index in [0.29, 0.717) is 6.04 Å². The molecule has 1 saturated heterocycles. The van der Waals surface area contributed by atoms with Gasteiger partial charge in [0.1, 0.15) is 0 Å². The Morgan fingerprint density at radius 2 is 1.71 bits per heavy atom. The van der Waals surface area contributed by atoms with Gasteiger partial charge in [-0.15, -0.1) is 24.8 Å². The van der Waals surface area contributed by atoms with Crippen molar-refractivity contribution in [2.45, 2.75) is 38.6 Å². The lowest BCUT2D eigenvalue weighted by atomic mass is 9.76. The summed E-state index contributed by atoms with van der Waals surface area (Å²) in [4.78, 5) is 2.71. The number of benzene rings is 1. The Morgan fingerprint density at radius 3 is 2.19 bits per heavy atom. The fourth-order valence-electron chi connectivity index (χ4n) is 3.45. The fourth-order valence-corrected chi connectivity index (χ4v) is 3.45. The van der Waals surface area contributed by atoms with E-state index < -0.39 is 0 Å². The summed E-state index contributed by atoms with van der Waals surface area (Å²) in [5.41, 5.74) is 3.00. The van der Waals surface area contributed by atoms with Crippen molar-refractivity contribution in [3.63, 3.8) is 0 Å². The van der Waals surface area contributed by atoms with Crippen molar-refractivity contribution in [3.05, 3.63) is 35.4 Å². The van der Waals surface area contributed by atoms with E-state index in [4.69, 9.17) is 0 Å². The highest BCUT2D eigenvalue weighted by atomic mass is 35.5. The van der Waals surface area contributed by atoms with Crippen LogP contribution in [0.5, 0.6) is 0 Å². The summed E-state index contributed by atoms with van der Waals surface area (Å²) >= 11 is 0. The number of rotatable bonds is 4. The summed E-state index contributed by atoms with van der Waals surface area (Å²) in [6.07, 6.45) is 5.41. The smallest absolute Gasteiger partial charge is 0.0377 e. The minimum Gasteiger partial charge on any atom is -0.314 e. The normalized spacial score (nSPS) is 20.8. The molecule has 0 bridgehead atoms. The first-order valence-electron chi connectivity index (χ1n) is 7.92. The number of hydrogen-bond donors (Lipinski definition) is 1. The second kappa shape index (κ2) is 8.99. The van der Waals surface area contributed by atoms with Crippen LogP contribution < -0.4 is 5.32 Å². The van der Waals surface area contributed by atoms with Crippen molar-refractivity contribution in [2.24, 2.45) is 5.92 Å². The van der Waals surface area contributed by atoms with Gasteiger partial charge in [-0.05, 0) is 36.3 Å². The Labute approximate surface area is 141 Å². The second-order valence-corrected chi connectivity index (χ2v) is 6.02. The van der Waals surface area contributed by atoms with Crippen LogP contribution in [0.2, 0.25) is 0 Å². The second-order valence-electron chi connectivity index (χ2n) is 6.02. The molecule has 0 amide bonds. The number of nitrogens with one attached hydrogen (secondary N) is 1. The summed E-state index contributed by atoms with van der Waals surface area (Å²) in [6, 6.07) is 10.1. The lowest BCUT2D eigenvalue weighted by Crippen LogP contribution is -2.47. The molecule has 1 aliphatic heterocycles. The Kier molecular flexibility index (Phi) is 8.04. The van der Waals surface area contributed by atoms with Gasteiger partial charge in [0, 0.05) is 32.2 Å². The highest BCUT2D eigenvalue weighted by Crippen LogP contribution is 2.41. The van der Waals surface area contributed by atoms with Gasteiger partial charge < -0.3 is 5.32 Å². The minimum absolute atomic E-state index is 0. The number of aryl methyl sites for hydroxylation is 1. The van der Waals surface area contributed by atoms with Crippen LogP contribution in [0.25, 0.3) is 0 Å². The predicted octanol–water partition coefficient (Wildman–Crippen LogP) is 3.84. The van der Waals surface area contributed by atoms with Crippen LogP contribution in [0.15, 0.2) is 24.3 Å². The van der Waals surface area contributed by atoms with Gasteiger partial charge in [0.2, 0.25) is 0 Å². The number of hydrogen-bond acceptors (Lipinski definition) is 2. The first kappa shape index (κ1) is 18.8. The van der Waals surface area contributed by atoms with Gasteiger partial charge in [0.25, 0.3) is 0 Å². The van der Waals surface area contributed by atoms with E-state index in [9.17, 15) is 0 Å². The van der Waals surface area contributed by atoms with Gasteiger partial charge in [-0.3, -0.25) is 4.90 Å². The van der Waals surface area contributed by atoms with Crippen LogP contribution in [-0.2, 0) is 6.42 Å². The quantitative estimate of drug-likeness (QED) is 0.902.